The normalized spacial score (nSPS) is 16.3. The molecule has 1 unspecified atom stereocenters. The smallest absolute Gasteiger partial charge is 0.224 e. The van der Waals surface area contributed by atoms with Crippen molar-refractivity contribution in [3.8, 4) is 11.4 Å². The predicted octanol–water partition coefficient (Wildman–Crippen LogP) is 4.40. The van der Waals surface area contributed by atoms with Crippen molar-refractivity contribution in [3.05, 3.63) is 35.2 Å². The zero-order valence-electron chi connectivity index (χ0n) is 17.7. The molecular formula is C23H29FN4O2. The molecule has 6 nitrogen and oxygen atoms in total. The number of nitrogens with one attached hydrogen (secondary N) is 1. The summed E-state index contributed by atoms with van der Waals surface area (Å²) in [4.78, 5) is 27.5. The van der Waals surface area contributed by atoms with Gasteiger partial charge in [0.1, 0.15) is 11.5 Å². The van der Waals surface area contributed by atoms with Crippen molar-refractivity contribution in [2.24, 2.45) is 5.92 Å². The fourth-order valence-corrected chi connectivity index (χ4v) is 3.94. The van der Waals surface area contributed by atoms with Gasteiger partial charge in [0, 0.05) is 12.8 Å². The number of amides is 1. The number of hydrogen-bond acceptors (Lipinski definition) is 5. The van der Waals surface area contributed by atoms with Crippen molar-refractivity contribution in [3.63, 3.8) is 0 Å². The molecule has 0 radical (unpaired) electrons. The van der Waals surface area contributed by atoms with Gasteiger partial charge in [-0.3, -0.25) is 14.2 Å². The van der Waals surface area contributed by atoms with Crippen molar-refractivity contribution in [1.29, 1.82) is 0 Å². The van der Waals surface area contributed by atoms with E-state index in [4.69, 9.17) is 0 Å². The summed E-state index contributed by atoms with van der Waals surface area (Å²) in [7, 11) is 0. The van der Waals surface area contributed by atoms with Crippen LogP contribution < -0.4 is 5.32 Å². The number of ketones is 1. The second kappa shape index (κ2) is 10.4. The number of aromatic nitrogens is 3. The lowest BCUT2D eigenvalue weighted by atomic mass is 9.85. The van der Waals surface area contributed by atoms with Crippen molar-refractivity contribution in [2.75, 3.05) is 12.0 Å². The van der Waals surface area contributed by atoms with Gasteiger partial charge in [0.15, 0.2) is 0 Å². The Morgan fingerprint density at radius 1 is 1.17 bits per heavy atom. The third kappa shape index (κ3) is 5.68. The molecule has 160 valence electrons. The SMILES string of the molecule is CC(=O)CCCC(=O)Nc1ccc(-c2nnc(C)c3c2CCCCC(C[18F])C3)nc1. The average molecular weight is 412 g/mol. The number of carbonyl (C=O) groups is 2. The lowest BCUT2D eigenvalue weighted by Gasteiger charge is -2.22. The zero-order chi connectivity index (χ0) is 21.5. The Hall–Kier alpha value is -2.70. The first-order valence-corrected chi connectivity index (χ1v) is 10.6. The molecule has 0 bridgehead atoms. The monoisotopic (exact) mass is 411 g/mol. The molecule has 3 rings (SSSR count). The Morgan fingerprint density at radius 2 is 2.00 bits per heavy atom. The van der Waals surface area contributed by atoms with Crippen LogP contribution in [0.1, 0.15) is 62.3 Å². The summed E-state index contributed by atoms with van der Waals surface area (Å²) in [6, 6.07) is 3.63. The number of halogens is 1. The van der Waals surface area contributed by atoms with Crippen molar-refractivity contribution in [1.82, 2.24) is 15.2 Å². The van der Waals surface area contributed by atoms with Crippen LogP contribution in [0.25, 0.3) is 11.4 Å². The Bertz CT molecular complexity index is 899. The fourth-order valence-electron chi connectivity index (χ4n) is 3.94. The Labute approximate surface area is 176 Å². The summed E-state index contributed by atoms with van der Waals surface area (Å²) in [6.07, 6.45) is 7.35. The molecule has 1 aliphatic rings. The number of Topliss-reactive ketones (excluding diaryl/α,β-unsaturated/α-hetero) is 1. The summed E-state index contributed by atoms with van der Waals surface area (Å²) in [5.41, 5.74) is 5.14. The highest BCUT2D eigenvalue weighted by Gasteiger charge is 2.22. The second-order valence-electron chi connectivity index (χ2n) is 8.10. The first-order chi connectivity index (χ1) is 14.5. The Morgan fingerprint density at radius 3 is 2.70 bits per heavy atom. The zero-order valence-corrected chi connectivity index (χ0v) is 17.7. The minimum Gasteiger partial charge on any atom is -0.325 e. The maximum atomic E-state index is 13.4. The van der Waals surface area contributed by atoms with E-state index in [0.29, 0.717) is 37.1 Å². The highest BCUT2D eigenvalue weighted by atomic mass is 18.2. The molecule has 0 saturated carbocycles. The van der Waals surface area contributed by atoms with Gasteiger partial charge in [0.25, 0.3) is 0 Å². The van der Waals surface area contributed by atoms with Crippen LogP contribution in [-0.4, -0.2) is 33.5 Å². The van der Waals surface area contributed by atoms with E-state index in [0.717, 1.165) is 48.2 Å². The molecule has 2 aromatic rings. The lowest BCUT2D eigenvalue weighted by Crippen LogP contribution is -2.16. The number of aryl methyl sites for hydroxylation is 1. The molecule has 0 fully saturated rings. The van der Waals surface area contributed by atoms with Gasteiger partial charge in [-0.15, -0.1) is 5.10 Å². The minimum atomic E-state index is -0.310. The molecule has 0 aromatic carbocycles. The van der Waals surface area contributed by atoms with E-state index in [1.54, 1.807) is 12.3 Å². The molecule has 1 N–H and O–H groups in total. The number of carbonyl (C=O) groups excluding carboxylic acids is 2. The van der Waals surface area contributed by atoms with Gasteiger partial charge in [-0.2, -0.15) is 5.10 Å². The quantitative estimate of drug-likeness (QED) is 0.730. The van der Waals surface area contributed by atoms with Gasteiger partial charge in [-0.1, -0.05) is 6.42 Å². The van der Waals surface area contributed by atoms with Gasteiger partial charge in [-0.25, -0.2) is 0 Å². The number of nitrogens with zero attached hydrogens (tertiary/aromatic N) is 3. The van der Waals surface area contributed by atoms with Crippen LogP contribution in [0.4, 0.5) is 10.1 Å². The first kappa shape index (κ1) is 22.0. The highest BCUT2D eigenvalue weighted by Crippen LogP contribution is 2.31. The molecule has 0 spiro atoms. The number of hydrogen-bond donors (Lipinski definition) is 1. The van der Waals surface area contributed by atoms with Crippen molar-refractivity contribution in [2.45, 2.75) is 65.2 Å². The molecule has 1 atom stereocenters. The van der Waals surface area contributed by atoms with E-state index < -0.39 is 0 Å². The van der Waals surface area contributed by atoms with Crippen LogP contribution in [0.5, 0.6) is 0 Å². The van der Waals surface area contributed by atoms with Crippen LogP contribution >= 0.6 is 0 Å². The standard InChI is InChI=1S/C23H29FN4O2/c1-15(29)6-5-9-22(30)26-18-10-11-21(25-14-18)23-19-8-4-3-7-17(13-24)12-20(19)16(2)27-28-23/h10-11,14,17H,3-9,12-13H2,1-2H3,(H,26,30)/i24-1. The Balaban J connectivity index is 1.77. The van der Waals surface area contributed by atoms with E-state index >= 15 is 0 Å². The first-order valence-electron chi connectivity index (χ1n) is 10.6. The van der Waals surface area contributed by atoms with Crippen molar-refractivity contribution < 1.29 is 14.0 Å². The number of rotatable bonds is 7. The van der Waals surface area contributed by atoms with Gasteiger partial charge in [-0.05, 0) is 75.1 Å². The fraction of sp³-hybridized carbons (Fsp3) is 0.522. The van der Waals surface area contributed by atoms with Gasteiger partial charge in [0.05, 0.1) is 29.9 Å². The van der Waals surface area contributed by atoms with Crippen molar-refractivity contribution >= 4 is 17.4 Å². The number of alkyl halides is 1. The molecule has 30 heavy (non-hydrogen) atoms. The number of anilines is 1. The Kier molecular flexibility index (Phi) is 7.60. The van der Waals surface area contributed by atoms with E-state index in [-0.39, 0.29) is 24.3 Å². The van der Waals surface area contributed by atoms with Gasteiger partial charge in [0.2, 0.25) is 5.91 Å². The van der Waals surface area contributed by atoms with Crippen LogP contribution in [0, 0.1) is 12.8 Å². The van der Waals surface area contributed by atoms with Crippen LogP contribution in [0.15, 0.2) is 18.3 Å². The summed E-state index contributed by atoms with van der Waals surface area (Å²) in [5, 5.41) is 11.5. The van der Waals surface area contributed by atoms with Crippen LogP contribution in [0.2, 0.25) is 0 Å². The van der Waals surface area contributed by atoms with E-state index in [2.05, 4.69) is 20.5 Å². The summed E-state index contributed by atoms with van der Waals surface area (Å²) < 4.78 is 13.4. The highest BCUT2D eigenvalue weighted by molar-refractivity contribution is 5.91. The van der Waals surface area contributed by atoms with Crippen LogP contribution in [0.3, 0.4) is 0 Å². The minimum absolute atomic E-state index is 0.0355. The van der Waals surface area contributed by atoms with E-state index in [9.17, 15) is 14.0 Å². The molecule has 1 aliphatic carbocycles. The predicted molar refractivity (Wildman–Crippen MR) is 114 cm³/mol. The third-order valence-electron chi connectivity index (χ3n) is 5.61. The third-order valence-corrected chi connectivity index (χ3v) is 5.61. The van der Waals surface area contributed by atoms with E-state index in [1.165, 1.54) is 6.92 Å². The largest absolute Gasteiger partial charge is 0.325 e. The average Bonchev–Trinajstić information content (AvgIpc) is 2.70. The van der Waals surface area contributed by atoms with Gasteiger partial charge < -0.3 is 10.1 Å². The summed E-state index contributed by atoms with van der Waals surface area (Å²) >= 11 is 0. The lowest BCUT2D eigenvalue weighted by molar-refractivity contribution is -0.117. The van der Waals surface area contributed by atoms with Crippen LogP contribution in [-0.2, 0) is 22.4 Å². The molecule has 1 amide bonds. The van der Waals surface area contributed by atoms with E-state index in [1.807, 2.05) is 13.0 Å². The summed E-state index contributed by atoms with van der Waals surface area (Å²) in [5.74, 6) is -0.0163. The maximum Gasteiger partial charge on any atom is 0.224 e. The topological polar surface area (TPSA) is 84.8 Å². The summed E-state index contributed by atoms with van der Waals surface area (Å²) in [6.45, 7) is 3.15. The molecule has 7 heteroatoms. The molecular weight excluding hydrogens is 382 g/mol. The maximum absolute atomic E-state index is 13.4. The van der Waals surface area contributed by atoms with Gasteiger partial charge >= 0.3 is 0 Å². The second-order valence-corrected chi connectivity index (χ2v) is 8.10. The molecule has 0 aliphatic heterocycles. The molecule has 2 heterocycles. The number of fused-ring (bicyclic) bond motifs is 1. The molecule has 0 saturated heterocycles. The number of pyridine rings is 1. The molecule has 2 aromatic heterocycles.